The van der Waals surface area contributed by atoms with Gasteiger partial charge < -0.3 is 10.6 Å². The molecule has 4 heteroatoms. The van der Waals surface area contributed by atoms with Gasteiger partial charge in [0.1, 0.15) is 5.82 Å². The lowest BCUT2D eigenvalue weighted by Gasteiger charge is -2.12. The topological polar surface area (TPSA) is 54.0 Å². The van der Waals surface area contributed by atoms with Crippen molar-refractivity contribution in [1.82, 2.24) is 10.3 Å². The Labute approximate surface area is 102 Å². The molecular formula is C13H19N3O. The minimum atomic E-state index is -0.0278. The molecule has 1 aliphatic carbocycles. The zero-order valence-electron chi connectivity index (χ0n) is 10.4. The third kappa shape index (κ3) is 3.19. The molecule has 1 amide bonds. The average Bonchev–Trinajstić information content (AvgIpc) is 3.14. The largest absolute Gasteiger partial charge is 0.370 e. The van der Waals surface area contributed by atoms with E-state index in [1.165, 1.54) is 12.8 Å². The molecule has 2 rings (SSSR count). The first kappa shape index (κ1) is 11.9. The second-order valence-corrected chi connectivity index (χ2v) is 4.56. The first-order valence-corrected chi connectivity index (χ1v) is 6.21. The number of aromatic nitrogens is 1. The van der Waals surface area contributed by atoms with Crippen LogP contribution >= 0.6 is 0 Å². The van der Waals surface area contributed by atoms with Crippen LogP contribution < -0.4 is 10.6 Å². The van der Waals surface area contributed by atoms with Crippen LogP contribution in [0.2, 0.25) is 0 Å². The zero-order valence-corrected chi connectivity index (χ0v) is 10.4. The molecule has 4 nitrogen and oxygen atoms in total. The number of anilines is 1. The minimum absolute atomic E-state index is 0.0278. The zero-order chi connectivity index (χ0) is 12.3. The Hall–Kier alpha value is -1.58. The highest BCUT2D eigenvalue weighted by Gasteiger charge is 2.29. The smallest absolute Gasteiger partial charge is 0.253 e. The summed E-state index contributed by atoms with van der Waals surface area (Å²) >= 11 is 0. The maximum absolute atomic E-state index is 11.9. The summed E-state index contributed by atoms with van der Waals surface area (Å²) in [5, 5.41) is 6.11. The van der Waals surface area contributed by atoms with E-state index >= 15 is 0 Å². The van der Waals surface area contributed by atoms with Gasteiger partial charge in [0.25, 0.3) is 5.91 Å². The van der Waals surface area contributed by atoms with Gasteiger partial charge >= 0.3 is 0 Å². The summed E-state index contributed by atoms with van der Waals surface area (Å²) in [7, 11) is 0. The van der Waals surface area contributed by atoms with Crippen molar-refractivity contribution in [2.45, 2.75) is 32.7 Å². The van der Waals surface area contributed by atoms with E-state index in [4.69, 9.17) is 0 Å². The van der Waals surface area contributed by atoms with Gasteiger partial charge in [-0.25, -0.2) is 4.98 Å². The van der Waals surface area contributed by atoms with Crippen LogP contribution in [0.15, 0.2) is 18.3 Å². The lowest BCUT2D eigenvalue weighted by molar-refractivity contribution is 0.0935. The number of carbonyl (C=O) groups is 1. The average molecular weight is 233 g/mol. The highest BCUT2D eigenvalue weighted by molar-refractivity contribution is 5.94. The number of pyridine rings is 1. The molecule has 1 fully saturated rings. The number of hydrogen-bond acceptors (Lipinski definition) is 3. The van der Waals surface area contributed by atoms with E-state index in [-0.39, 0.29) is 11.9 Å². The van der Waals surface area contributed by atoms with Crippen LogP contribution in [0, 0.1) is 5.92 Å². The third-order valence-electron chi connectivity index (χ3n) is 3.07. The molecule has 0 aromatic carbocycles. The lowest BCUT2D eigenvalue weighted by atomic mass is 10.2. The highest BCUT2D eigenvalue weighted by atomic mass is 16.1. The summed E-state index contributed by atoms with van der Waals surface area (Å²) in [6.45, 7) is 4.91. The van der Waals surface area contributed by atoms with Gasteiger partial charge in [0.15, 0.2) is 0 Å². The minimum Gasteiger partial charge on any atom is -0.370 e. The quantitative estimate of drug-likeness (QED) is 0.818. The third-order valence-corrected chi connectivity index (χ3v) is 3.07. The van der Waals surface area contributed by atoms with Crippen LogP contribution in [0.5, 0.6) is 0 Å². The van der Waals surface area contributed by atoms with Gasteiger partial charge in [0, 0.05) is 18.8 Å². The normalized spacial score (nSPS) is 16.4. The Balaban J connectivity index is 1.93. The van der Waals surface area contributed by atoms with Gasteiger partial charge in [-0.3, -0.25) is 4.79 Å². The molecule has 1 aromatic heterocycles. The summed E-state index contributed by atoms with van der Waals surface area (Å²) in [6, 6.07) is 3.91. The van der Waals surface area contributed by atoms with Gasteiger partial charge in [0.05, 0.1) is 5.56 Å². The van der Waals surface area contributed by atoms with Crippen molar-refractivity contribution < 1.29 is 4.79 Å². The van der Waals surface area contributed by atoms with Gasteiger partial charge in [-0.15, -0.1) is 0 Å². The summed E-state index contributed by atoms with van der Waals surface area (Å²) in [6.07, 6.45) is 4.09. The van der Waals surface area contributed by atoms with Crippen LogP contribution in [0.1, 0.15) is 37.0 Å². The molecule has 1 saturated carbocycles. The SMILES string of the molecule is CCNc1ccc(C(=O)NC(C)C2CC2)cn1. The first-order chi connectivity index (χ1) is 8.20. The lowest BCUT2D eigenvalue weighted by Crippen LogP contribution is -2.34. The van der Waals surface area contributed by atoms with Crippen LogP contribution in [-0.2, 0) is 0 Å². The van der Waals surface area contributed by atoms with E-state index in [0.29, 0.717) is 11.5 Å². The number of amides is 1. The Bertz CT molecular complexity index is 384. The van der Waals surface area contributed by atoms with E-state index in [1.807, 2.05) is 13.0 Å². The van der Waals surface area contributed by atoms with E-state index in [9.17, 15) is 4.79 Å². The van der Waals surface area contributed by atoms with E-state index in [0.717, 1.165) is 12.4 Å². The molecule has 0 spiro atoms. The van der Waals surface area contributed by atoms with Crippen molar-refractivity contribution in [3.63, 3.8) is 0 Å². The maximum Gasteiger partial charge on any atom is 0.253 e. The summed E-state index contributed by atoms with van der Waals surface area (Å²) < 4.78 is 0. The number of carbonyl (C=O) groups excluding carboxylic acids is 1. The molecule has 0 saturated heterocycles. The second-order valence-electron chi connectivity index (χ2n) is 4.56. The fourth-order valence-corrected chi connectivity index (χ4v) is 1.82. The number of rotatable bonds is 5. The van der Waals surface area contributed by atoms with Crippen LogP contribution in [0.4, 0.5) is 5.82 Å². The van der Waals surface area contributed by atoms with Crippen LogP contribution in [0.3, 0.4) is 0 Å². The van der Waals surface area contributed by atoms with E-state index in [2.05, 4.69) is 22.5 Å². The fourth-order valence-electron chi connectivity index (χ4n) is 1.82. The first-order valence-electron chi connectivity index (χ1n) is 6.21. The van der Waals surface area contributed by atoms with Crippen molar-refractivity contribution >= 4 is 11.7 Å². The molecule has 0 aliphatic heterocycles. The highest BCUT2D eigenvalue weighted by Crippen LogP contribution is 2.32. The molecule has 1 aromatic rings. The molecule has 17 heavy (non-hydrogen) atoms. The Morgan fingerprint density at radius 2 is 2.29 bits per heavy atom. The van der Waals surface area contributed by atoms with Crippen molar-refractivity contribution in [2.75, 3.05) is 11.9 Å². The Kier molecular flexibility index (Phi) is 3.61. The van der Waals surface area contributed by atoms with Gasteiger partial charge in [-0.2, -0.15) is 0 Å². The number of hydrogen-bond donors (Lipinski definition) is 2. The Morgan fingerprint density at radius 3 is 2.82 bits per heavy atom. The molecule has 1 heterocycles. The molecule has 1 unspecified atom stereocenters. The predicted octanol–water partition coefficient (Wildman–Crippen LogP) is 2.04. The summed E-state index contributed by atoms with van der Waals surface area (Å²) in [5.41, 5.74) is 0.624. The molecule has 2 N–H and O–H groups in total. The molecular weight excluding hydrogens is 214 g/mol. The summed E-state index contributed by atoms with van der Waals surface area (Å²) in [4.78, 5) is 16.1. The molecule has 1 atom stereocenters. The molecule has 1 aliphatic rings. The van der Waals surface area contributed by atoms with Crippen LogP contribution in [0.25, 0.3) is 0 Å². The maximum atomic E-state index is 11.9. The monoisotopic (exact) mass is 233 g/mol. The van der Waals surface area contributed by atoms with Crippen LogP contribution in [-0.4, -0.2) is 23.5 Å². The predicted molar refractivity (Wildman–Crippen MR) is 68.1 cm³/mol. The second kappa shape index (κ2) is 5.17. The Morgan fingerprint density at radius 1 is 1.53 bits per heavy atom. The molecule has 0 radical (unpaired) electrons. The molecule has 92 valence electrons. The van der Waals surface area contributed by atoms with Crippen molar-refractivity contribution in [1.29, 1.82) is 0 Å². The molecule has 0 bridgehead atoms. The van der Waals surface area contributed by atoms with Gasteiger partial charge in [-0.05, 0) is 44.7 Å². The van der Waals surface area contributed by atoms with Crippen molar-refractivity contribution in [3.05, 3.63) is 23.9 Å². The van der Waals surface area contributed by atoms with E-state index in [1.54, 1.807) is 12.3 Å². The van der Waals surface area contributed by atoms with Crippen molar-refractivity contribution in [3.8, 4) is 0 Å². The number of nitrogens with zero attached hydrogens (tertiary/aromatic N) is 1. The van der Waals surface area contributed by atoms with Gasteiger partial charge in [0.2, 0.25) is 0 Å². The summed E-state index contributed by atoms with van der Waals surface area (Å²) in [5.74, 6) is 1.45. The van der Waals surface area contributed by atoms with Gasteiger partial charge in [-0.1, -0.05) is 0 Å². The standard InChI is InChI=1S/C13H19N3O/c1-3-14-12-7-6-11(8-15-12)13(17)16-9(2)10-4-5-10/h6-10H,3-5H2,1-2H3,(H,14,15)(H,16,17). The fraction of sp³-hybridized carbons (Fsp3) is 0.538. The number of nitrogens with one attached hydrogen (secondary N) is 2. The van der Waals surface area contributed by atoms with E-state index < -0.39 is 0 Å². The van der Waals surface area contributed by atoms with Crippen molar-refractivity contribution in [2.24, 2.45) is 5.92 Å².